The van der Waals surface area contributed by atoms with E-state index in [0.29, 0.717) is 18.6 Å². The number of Topliss-reactive ketones (excluding diaryl/α,β-unsaturated/α-hetero) is 1. The maximum Gasteiger partial charge on any atom is 0.494 e. The number of ketones is 1. The molecule has 0 saturated carbocycles. The molecule has 1 aromatic carbocycles. The van der Waals surface area contributed by atoms with Crippen LogP contribution in [0.15, 0.2) is 24.3 Å². The van der Waals surface area contributed by atoms with Gasteiger partial charge < -0.3 is 9.31 Å². The van der Waals surface area contributed by atoms with E-state index in [1.165, 1.54) is 0 Å². The third-order valence-corrected chi connectivity index (χ3v) is 4.72. The first-order chi connectivity index (χ1) is 10.2. The van der Waals surface area contributed by atoms with Crippen LogP contribution in [0.2, 0.25) is 0 Å². The highest BCUT2D eigenvalue weighted by atomic mass is 16.7. The van der Waals surface area contributed by atoms with Crippen LogP contribution in [0.5, 0.6) is 0 Å². The molecule has 1 saturated heterocycles. The fraction of sp³-hybridized carbons (Fsp3) is 0.611. The smallest absolute Gasteiger partial charge is 0.399 e. The molecule has 0 amide bonds. The summed E-state index contributed by atoms with van der Waals surface area (Å²) in [6.07, 6.45) is 3.23. The Kier molecular flexibility index (Phi) is 5.13. The Bertz CT molecular complexity index is 504. The molecular formula is C18H27BO3. The Morgan fingerprint density at radius 2 is 1.59 bits per heavy atom. The largest absolute Gasteiger partial charge is 0.494 e. The Morgan fingerprint density at radius 1 is 1.05 bits per heavy atom. The van der Waals surface area contributed by atoms with Gasteiger partial charge in [-0.2, -0.15) is 0 Å². The predicted molar refractivity (Wildman–Crippen MR) is 90.4 cm³/mol. The van der Waals surface area contributed by atoms with Crippen LogP contribution in [-0.4, -0.2) is 24.1 Å². The van der Waals surface area contributed by atoms with Gasteiger partial charge in [0.25, 0.3) is 0 Å². The van der Waals surface area contributed by atoms with E-state index in [1.54, 1.807) is 0 Å². The number of rotatable bonds is 6. The van der Waals surface area contributed by atoms with Crippen LogP contribution in [-0.2, 0) is 20.5 Å². The third kappa shape index (κ3) is 3.79. The van der Waals surface area contributed by atoms with Crippen LogP contribution >= 0.6 is 0 Å². The summed E-state index contributed by atoms with van der Waals surface area (Å²) in [6.45, 7) is 10.3. The van der Waals surface area contributed by atoms with Crippen LogP contribution in [0.4, 0.5) is 0 Å². The van der Waals surface area contributed by atoms with Gasteiger partial charge in [-0.3, -0.25) is 4.79 Å². The minimum absolute atomic E-state index is 0.310. The molecule has 1 heterocycles. The van der Waals surface area contributed by atoms with E-state index in [9.17, 15) is 4.79 Å². The average molecular weight is 302 g/mol. The molecule has 0 radical (unpaired) electrons. The van der Waals surface area contributed by atoms with E-state index in [1.807, 2.05) is 52.0 Å². The molecule has 1 aliphatic heterocycles. The number of carbonyl (C=O) groups excluding carboxylic acids is 1. The van der Waals surface area contributed by atoms with Crippen LogP contribution < -0.4 is 5.46 Å². The maximum absolute atomic E-state index is 11.8. The lowest BCUT2D eigenvalue weighted by atomic mass is 9.78. The summed E-state index contributed by atoms with van der Waals surface area (Å²) in [6, 6.07) is 8.02. The van der Waals surface area contributed by atoms with Gasteiger partial charge in [0.15, 0.2) is 0 Å². The number of hydrogen-bond acceptors (Lipinski definition) is 3. The second-order valence-electron chi connectivity index (χ2n) is 7.15. The zero-order valence-electron chi connectivity index (χ0n) is 14.4. The number of unbranched alkanes of at least 4 members (excludes halogenated alkanes) is 1. The fourth-order valence-electron chi connectivity index (χ4n) is 2.46. The Balaban J connectivity index is 2.00. The van der Waals surface area contributed by atoms with Crippen molar-refractivity contribution in [1.29, 1.82) is 0 Å². The molecule has 0 bridgehead atoms. The van der Waals surface area contributed by atoms with Gasteiger partial charge in [-0.05, 0) is 45.1 Å². The summed E-state index contributed by atoms with van der Waals surface area (Å²) >= 11 is 0. The molecule has 4 heteroatoms. The Labute approximate surface area is 134 Å². The van der Waals surface area contributed by atoms with Gasteiger partial charge in [-0.1, -0.05) is 37.6 Å². The summed E-state index contributed by atoms with van der Waals surface area (Å²) in [5.74, 6) is 0.310. The minimum Gasteiger partial charge on any atom is -0.399 e. The third-order valence-electron chi connectivity index (χ3n) is 4.72. The molecule has 2 rings (SSSR count). The highest BCUT2D eigenvalue weighted by Gasteiger charge is 2.51. The lowest BCUT2D eigenvalue weighted by Crippen LogP contribution is -2.41. The van der Waals surface area contributed by atoms with Crippen LogP contribution in [0, 0.1) is 0 Å². The van der Waals surface area contributed by atoms with Gasteiger partial charge in [-0.25, -0.2) is 0 Å². The molecule has 22 heavy (non-hydrogen) atoms. The zero-order valence-corrected chi connectivity index (χ0v) is 14.4. The first-order valence-electron chi connectivity index (χ1n) is 8.21. The van der Waals surface area contributed by atoms with E-state index in [2.05, 4.69) is 6.92 Å². The van der Waals surface area contributed by atoms with Crippen LogP contribution in [0.25, 0.3) is 0 Å². The molecule has 0 unspecified atom stereocenters. The van der Waals surface area contributed by atoms with Gasteiger partial charge >= 0.3 is 7.12 Å². The zero-order chi connectivity index (χ0) is 16.4. The summed E-state index contributed by atoms with van der Waals surface area (Å²) in [4.78, 5) is 11.8. The molecule has 0 atom stereocenters. The molecule has 1 fully saturated rings. The molecule has 0 aromatic heterocycles. The van der Waals surface area contributed by atoms with Crippen LogP contribution in [0.1, 0.15) is 59.4 Å². The topological polar surface area (TPSA) is 35.5 Å². The van der Waals surface area contributed by atoms with E-state index in [0.717, 1.165) is 23.9 Å². The normalized spacial score (nSPS) is 19.4. The molecule has 0 aliphatic carbocycles. The van der Waals surface area contributed by atoms with Gasteiger partial charge in [0.2, 0.25) is 0 Å². The summed E-state index contributed by atoms with van der Waals surface area (Å²) < 4.78 is 12.1. The molecule has 0 spiro atoms. The molecular weight excluding hydrogens is 275 g/mol. The molecule has 0 N–H and O–H groups in total. The molecule has 3 nitrogen and oxygen atoms in total. The average Bonchev–Trinajstić information content (AvgIpc) is 2.66. The maximum atomic E-state index is 11.8. The van der Waals surface area contributed by atoms with Crippen molar-refractivity contribution in [3.8, 4) is 0 Å². The van der Waals surface area contributed by atoms with Crippen molar-refractivity contribution in [3.63, 3.8) is 0 Å². The first kappa shape index (κ1) is 17.2. The van der Waals surface area contributed by atoms with Crippen molar-refractivity contribution in [2.75, 3.05) is 0 Å². The Morgan fingerprint density at radius 3 is 2.09 bits per heavy atom. The van der Waals surface area contributed by atoms with Crippen molar-refractivity contribution in [2.45, 2.75) is 71.5 Å². The molecule has 120 valence electrons. The van der Waals surface area contributed by atoms with Gasteiger partial charge in [0.1, 0.15) is 5.78 Å². The van der Waals surface area contributed by atoms with Crippen molar-refractivity contribution in [2.24, 2.45) is 0 Å². The number of benzene rings is 1. The molecule has 1 aliphatic rings. The Hall–Kier alpha value is -1.13. The second kappa shape index (κ2) is 6.55. The quantitative estimate of drug-likeness (QED) is 0.756. The van der Waals surface area contributed by atoms with Gasteiger partial charge in [-0.15, -0.1) is 0 Å². The fourth-order valence-corrected chi connectivity index (χ4v) is 2.46. The van der Waals surface area contributed by atoms with Crippen molar-refractivity contribution >= 4 is 18.4 Å². The SMILES string of the molecule is CCCCC(=O)Cc1ccc(B2OC(C)(C)C(C)(C)O2)cc1. The van der Waals surface area contributed by atoms with E-state index >= 15 is 0 Å². The minimum atomic E-state index is -0.338. The lowest BCUT2D eigenvalue weighted by Gasteiger charge is -2.32. The highest BCUT2D eigenvalue weighted by molar-refractivity contribution is 6.62. The van der Waals surface area contributed by atoms with Crippen molar-refractivity contribution in [1.82, 2.24) is 0 Å². The monoisotopic (exact) mass is 302 g/mol. The second-order valence-corrected chi connectivity index (χ2v) is 7.15. The van der Waals surface area contributed by atoms with Crippen molar-refractivity contribution in [3.05, 3.63) is 29.8 Å². The highest BCUT2D eigenvalue weighted by Crippen LogP contribution is 2.36. The number of hydrogen-bond donors (Lipinski definition) is 0. The van der Waals surface area contributed by atoms with Crippen LogP contribution in [0.3, 0.4) is 0 Å². The van der Waals surface area contributed by atoms with Crippen molar-refractivity contribution < 1.29 is 14.1 Å². The van der Waals surface area contributed by atoms with E-state index in [4.69, 9.17) is 9.31 Å². The van der Waals surface area contributed by atoms with Gasteiger partial charge in [0.05, 0.1) is 11.2 Å². The number of carbonyl (C=O) groups is 1. The standard InChI is InChI=1S/C18H27BO3/c1-6-7-8-16(20)13-14-9-11-15(12-10-14)19-21-17(2,3)18(4,5)22-19/h9-12H,6-8,13H2,1-5H3. The summed E-state index contributed by atoms with van der Waals surface area (Å²) in [7, 11) is -0.338. The van der Waals surface area contributed by atoms with E-state index in [-0.39, 0.29) is 18.3 Å². The molecule has 1 aromatic rings. The first-order valence-corrected chi connectivity index (χ1v) is 8.21. The lowest BCUT2D eigenvalue weighted by molar-refractivity contribution is -0.118. The summed E-state index contributed by atoms with van der Waals surface area (Å²) in [5.41, 5.74) is 1.41. The summed E-state index contributed by atoms with van der Waals surface area (Å²) in [5, 5.41) is 0. The van der Waals surface area contributed by atoms with E-state index < -0.39 is 0 Å². The van der Waals surface area contributed by atoms with Gasteiger partial charge in [0, 0.05) is 12.8 Å². The predicted octanol–water partition coefficient (Wildman–Crippen LogP) is 3.29.